The van der Waals surface area contributed by atoms with Gasteiger partial charge in [-0.2, -0.15) is 0 Å². The summed E-state index contributed by atoms with van der Waals surface area (Å²) in [5.74, 6) is 0.851. The zero-order valence-corrected chi connectivity index (χ0v) is 13.3. The number of nitrogens with zero attached hydrogens (tertiary/aromatic N) is 1. The smallest absolute Gasteiger partial charge is 0.0406 e. The van der Waals surface area contributed by atoms with Gasteiger partial charge in [-0.1, -0.05) is 23.7 Å². The largest absolute Gasteiger partial charge is 0.319 e. The summed E-state index contributed by atoms with van der Waals surface area (Å²) >= 11 is 5.94. The molecule has 19 heavy (non-hydrogen) atoms. The van der Waals surface area contributed by atoms with Crippen LogP contribution in [0.4, 0.5) is 0 Å². The van der Waals surface area contributed by atoms with E-state index in [0.717, 1.165) is 17.5 Å². The minimum Gasteiger partial charge on any atom is -0.319 e. The van der Waals surface area contributed by atoms with Crippen LogP contribution in [0.15, 0.2) is 24.3 Å². The number of halogens is 2. The van der Waals surface area contributed by atoms with Gasteiger partial charge in [-0.15, -0.1) is 12.4 Å². The van der Waals surface area contributed by atoms with Crippen LogP contribution in [0.2, 0.25) is 5.02 Å². The van der Waals surface area contributed by atoms with Gasteiger partial charge in [0.2, 0.25) is 0 Å². The van der Waals surface area contributed by atoms with Gasteiger partial charge in [-0.3, -0.25) is 4.90 Å². The Hall–Kier alpha value is -0.280. The molecular formula is C15H24Cl2N2. The average molecular weight is 303 g/mol. The van der Waals surface area contributed by atoms with E-state index >= 15 is 0 Å². The summed E-state index contributed by atoms with van der Waals surface area (Å²) in [7, 11) is 2.04. The molecule has 1 fully saturated rings. The lowest BCUT2D eigenvalue weighted by atomic mass is 9.94. The first-order valence-corrected chi connectivity index (χ1v) is 7.22. The fraction of sp³-hybridized carbons (Fsp3) is 0.600. The molecule has 2 nitrogen and oxygen atoms in total. The predicted molar refractivity (Wildman–Crippen MR) is 85.3 cm³/mol. The van der Waals surface area contributed by atoms with E-state index in [0.29, 0.717) is 6.04 Å². The molecule has 0 amide bonds. The molecule has 1 aliphatic rings. The van der Waals surface area contributed by atoms with Gasteiger partial charge in [0.1, 0.15) is 0 Å². The third kappa shape index (κ3) is 4.64. The van der Waals surface area contributed by atoms with Crippen molar-refractivity contribution in [1.82, 2.24) is 10.2 Å². The van der Waals surface area contributed by atoms with Gasteiger partial charge < -0.3 is 5.32 Å². The maximum absolute atomic E-state index is 5.94. The van der Waals surface area contributed by atoms with Crippen LogP contribution in [-0.2, 0) is 0 Å². The van der Waals surface area contributed by atoms with Crippen molar-refractivity contribution in [2.45, 2.75) is 25.8 Å². The molecule has 1 saturated heterocycles. The maximum Gasteiger partial charge on any atom is 0.0406 e. The second-order valence-electron chi connectivity index (χ2n) is 5.26. The SMILES string of the molecule is CNCC1CCN(C(C)c2ccc(Cl)cc2)CC1.Cl. The van der Waals surface area contributed by atoms with E-state index in [2.05, 4.69) is 29.3 Å². The Kier molecular flexibility index (Phi) is 7.16. The Morgan fingerprint density at radius 2 is 1.84 bits per heavy atom. The lowest BCUT2D eigenvalue weighted by molar-refractivity contribution is 0.141. The van der Waals surface area contributed by atoms with E-state index in [1.54, 1.807) is 0 Å². The molecule has 1 aliphatic heterocycles. The standard InChI is InChI=1S/C15H23ClN2.ClH/c1-12(14-3-5-15(16)6-4-14)18-9-7-13(8-10-18)11-17-2;/h3-6,12-13,17H,7-11H2,1-2H3;1H. The van der Waals surface area contributed by atoms with Crippen molar-refractivity contribution >= 4 is 24.0 Å². The minimum atomic E-state index is 0. The molecule has 0 bridgehead atoms. The van der Waals surface area contributed by atoms with Gasteiger partial charge in [0.05, 0.1) is 0 Å². The first-order chi connectivity index (χ1) is 8.70. The quantitative estimate of drug-likeness (QED) is 0.911. The predicted octanol–water partition coefficient (Wildman–Crippen LogP) is 3.75. The first kappa shape index (κ1) is 16.8. The van der Waals surface area contributed by atoms with Gasteiger partial charge in [0, 0.05) is 11.1 Å². The van der Waals surface area contributed by atoms with Crippen LogP contribution in [-0.4, -0.2) is 31.6 Å². The van der Waals surface area contributed by atoms with Crippen molar-refractivity contribution in [1.29, 1.82) is 0 Å². The maximum atomic E-state index is 5.94. The highest BCUT2D eigenvalue weighted by molar-refractivity contribution is 6.30. The van der Waals surface area contributed by atoms with Crippen molar-refractivity contribution in [3.8, 4) is 0 Å². The monoisotopic (exact) mass is 302 g/mol. The Labute approximate surface area is 127 Å². The van der Waals surface area contributed by atoms with E-state index in [1.165, 1.54) is 31.5 Å². The molecule has 2 rings (SSSR count). The normalized spacial score (nSPS) is 18.9. The van der Waals surface area contributed by atoms with Crippen LogP contribution in [0.1, 0.15) is 31.4 Å². The molecule has 0 aromatic heterocycles. The van der Waals surface area contributed by atoms with Gasteiger partial charge in [0.15, 0.2) is 0 Å². The van der Waals surface area contributed by atoms with Gasteiger partial charge >= 0.3 is 0 Å². The Balaban J connectivity index is 0.00000180. The molecule has 0 saturated carbocycles. The molecule has 1 atom stereocenters. The van der Waals surface area contributed by atoms with E-state index < -0.39 is 0 Å². The summed E-state index contributed by atoms with van der Waals surface area (Å²) in [5, 5.41) is 4.10. The fourth-order valence-corrected chi connectivity index (χ4v) is 2.91. The Bertz CT molecular complexity index is 359. The summed E-state index contributed by atoms with van der Waals surface area (Å²) in [4.78, 5) is 2.58. The lowest BCUT2D eigenvalue weighted by Crippen LogP contribution is -2.38. The van der Waals surface area contributed by atoms with Crippen LogP contribution < -0.4 is 5.32 Å². The lowest BCUT2D eigenvalue weighted by Gasteiger charge is -2.36. The number of benzene rings is 1. The van der Waals surface area contributed by atoms with Crippen molar-refractivity contribution in [2.24, 2.45) is 5.92 Å². The van der Waals surface area contributed by atoms with Gasteiger partial charge in [-0.25, -0.2) is 0 Å². The Morgan fingerprint density at radius 1 is 1.26 bits per heavy atom. The van der Waals surface area contributed by atoms with E-state index in [-0.39, 0.29) is 12.4 Å². The third-order valence-corrected chi connectivity index (χ3v) is 4.29. The zero-order chi connectivity index (χ0) is 13.0. The van der Waals surface area contributed by atoms with Gasteiger partial charge in [-0.05, 0) is 70.1 Å². The molecule has 4 heteroatoms. The number of rotatable bonds is 4. The first-order valence-electron chi connectivity index (χ1n) is 6.85. The van der Waals surface area contributed by atoms with Crippen molar-refractivity contribution in [2.75, 3.05) is 26.7 Å². The topological polar surface area (TPSA) is 15.3 Å². The summed E-state index contributed by atoms with van der Waals surface area (Å²) < 4.78 is 0. The molecular weight excluding hydrogens is 279 g/mol. The molecule has 1 heterocycles. The number of likely N-dealkylation sites (tertiary alicyclic amines) is 1. The molecule has 0 aliphatic carbocycles. The molecule has 1 unspecified atom stereocenters. The molecule has 0 radical (unpaired) electrons. The second-order valence-corrected chi connectivity index (χ2v) is 5.70. The molecule has 108 valence electrons. The van der Waals surface area contributed by atoms with Crippen LogP contribution in [0.25, 0.3) is 0 Å². The third-order valence-electron chi connectivity index (χ3n) is 4.04. The summed E-state index contributed by atoms with van der Waals surface area (Å²) in [5.41, 5.74) is 1.37. The number of hydrogen-bond acceptors (Lipinski definition) is 2. The second kappa shape index (κ2) is 8.11. The highest BCUT2D eigenvalue weighted by atomic mass is 35.5. The molecule has 1 N–H and O–H groups in total. The number of nitrogens with one attached hydrogen (secondary N) is 1. The zero-order valence-electron chi connectivity index (χ0n) is 11.7. The van der Waals surface area contributed by atoms with E-state index in [1.807, 2.05) is 19.2 Å². The van der Waals surface area contributed by atoms with E-state index in [4.69, 9.17) is 11.6 Å². The van der Waals surface area contributed by atoms with Crippen molar-refractivity contribution < 1.29 is 0 Å². The summed E-state index contributed by atoms with van der Waals surface area (Å²) in [6.45, 7) is 5.86. The van der Waals surface area contributed by atoms with Crippen LogP contribution >= 0.6 is 24.0 Å². The average Bonchev–Trinajstić information content (AvgIpc) is 2.40. The van der Waals surface area contributed by atoms with Crippen LogP contribution in [0.5, 0.6) is 0 Å². The van der Waals surface area contributed by atoms with Crippen LogP contribution in [0, 0.1) is 5.92 Å². The fourth-order valence-electron chi connectivity index (χ4n) is 2.79. The van der Waals surface area contributed by atoms with E-state index in [9.17, 15) is 0 Å². The molecule has 0 spiro atoms. The summed E-state index contributed by atoms with van der Waals surface area (Å²) in [6, 6.07) is 8.76. The van der Waals surface area contributed by atoms with Gasteiger partial charge in [0.25, 0.3) is 0 Å². The molecule has 1 aromatic carbocycles. The van der Waals surface area contributed by atoms with Crippen LogP contribution in [0.3, 0.4) is 0 Å². The highest BCUT2D eigenvalue weighted by Gasteiger charge is 2.22. The number of piperidine rings is 1. The Morgan fingerprint density at radius 3 is 2.37 bits per heavy atom. The van der Waals surface area contributed by atoms with Crippen molar-refractivity contribution in [3.05, 3.63) is 34.9 Å². The molecule has 1 aromatic rings. The van der Waals surface area contributed by atoms with Crippen molar-refractivity contribution in [3.63, 3.8) is 0 Å². The highest BCUT2D eigenvalue weighted by Crippen LogP contribution is 2.27. The number of hydrogen-bond donors (Lipinski definition) is 1. The summed E-state index contributed by atoms with van der Waals surface area (Å²) in [6.07, 6.45) is 2.61. The minimum absolute atomic E-state index is 0.